The summed E-state index contributed by atoms with van der Waals surface area (Å²) in [5.74, 6) is 1.22. The molecule has 2 saturated heterocycles. The Kier molecular flexibility index (Phi) is 6.14. The first-order valence-electron chi connectivity index (χ1n) is 10.0. The Morgan fingerprint density at radius 3 is 2.35 bits per heavy atom. The highest BCUT2D eigenvalue weighted by Gasteiger charge is 2.49. The van der Waals surface area contributed by atoms with E-state index in [1.165, 1.54) is 0 Å². The van der Waals surface area contributed by atoms with E-state index in [2.05, 4.69) is 0 Å². The van der Waals surface area contributed by atoms with Gasteiger partial charge in [0.1, 0.15) is 0 Å². The highest BCUT2D eigenvalue weighted by Crippen LogP contribution is 2.33. The fourth-order valence-corrected chi connectivity index (χ4v) is 6.56. The van der Waals surface area contributed by atoms with Crippen LogP contribution >= 0.6 is 11.6 Å². The van der Waals surface area contributed by atoms with Crippen LogP contribution in [0.1, 0.15) is 5.56 Å². The van der Waals surface area contributed by atoms with Gasteiger partial charge in [0.15, 0.2) is 21.3 Å². The van der Waals surface area contributed by atoms with Crippen molar-refractivity contribution in [2.75, 3.05) is 43.7 Å². The molecule has 2 aliphatic heterocycles. The lowest BCUT2D eigenvalue weighted by Crippen LogP contribution is -2.62. The first kappa shape index (κ1) is 21.9. The Bertz CT molecular complexity index is 1070. The summed E-state index contributed by atoms with van der Waals surface area (Å²) in [4.78, 5) is 16.7. The summed E-state index contributed by atoms with van der Waals surface area (Å²) in [6.07, 6.45) is 0.665. The standard InChI is InChI=1S/C22H25ClN2O5S/c1-29-20-8-3-15(11-21(20)30-2)9-10-24-12-22(26)25(17-6-4-16(23)5-7-17)19-14-31(27,28)13-18(19)24/h3-8,11,18-19H,9-10,12-14H2,1-2H3. The second kappa shape index (κ2) is 8.68. The number of ether oxygens (including phenoxy) is 2. The van der Waals surface area contributed by atoms with E-state index in [-0.39, 0.29) is 30.0 Å². The van der Waals surface area contributed by atoms with Gasteiger partial charge in [0.2, 0.25) is 5.91 Å². The molecule has 2 aliphatic rings. The van der Waals surface area contributed by atoms with Gasteiger partial charge < -0.3 is 14.4 Å². The van der Waals surface area contributed by atoms with Crippen molar-refractivity contribution in [2.45, 2.75) is 18.5 Å². The van der Waals surface area contributed by atoms with Crippen LogP contribution in [-0.4, -0.2) is 70.1 Å². The highest BCUT2D eigenvalue weighted by molar-refractivity contribution is 7.91. The molecule has 2 aromatic rings. The highest BCUT2D eigenvalue weighted by atomic mass is 35.5. The van der Waals surface area contributed by atoms with Crippen LogP contribution in [0, 0.1) is 0 Å². The maximum Gasteiger partial charge on any atom is 0.241 e. The predicted octanol–water partition coefficient (Wildman–Crippen LogP) is 2.41. The average Bonchev–Trinajstić information content (AvgIpc) is 3.07. The van der Waals surface area contributed by atoms with E-state index in [4.69, 9.17) is 21.1 Å². The molecule has 166 valence electrons. The number of rotatable bonds is 6. The molecular weight excluding hydrogens is 440 g/mol. The van der Waals surface area contributed by atoms with Gasteiger partial charge in [0, 0.05) is 23.3 Å². The first-order chi connectivity index (χ1) is 14.8. The third kappa shape index (κ3) is 4.51. The number of fused-ring (bicyclic) bond motifs is 1. The van der Waals surface area contributed by atoms with Gasteiger partial charge in [-0.2, -0.15) is 0 Å². The van der Waals surface area contributed by atoms with Gasteiger partial charge in [-0.15, -0.1) is 0 Å². The van der Waals surface area contributed by atoms with Gasteiger partial charge in [-0.05, 0) is 48.4 Å². The number of nitrogens with zero attached hydrogens (tertiary/aromatic N) is 2. The molecule has 0 N–H and O–H groups in total. The first-order valence-corrected chi connectivity index (χ1v) is 12.2. The molecule has 31 heavy (non-hydrogen) atoms. The molecule has 0 saturated carbocycles. The molecule has 2 aromatic carbocycles. The predicted molar refractivity (Wildman–Crippen MR) is 120 cm³/mol. The van der Waals surface area contributed by atoms with E-state index in [1.54, 1.807) is 43.4 Å². The normalized spacial score (nSPS) is 22.9. The van der Waals surface area contributed by atoms with Crippen molar-refractivity contribution in [2.24, 2.45) is 0 Å². The summed E-state index contributed by atoms with van der Waals surface area (Å²) in [5, 5.41) is 0.570. The Hall–Kier alpha value is -2.29. The zero-order valence-electron chi connectivity index (χ0n) is 17.5. The van der Waals surface area contributed by atoms with Gasteiger partial charge >= 0.3 is 0 Å². The molecule has 0 bridgehead atoms. The molecule has 1 amide bonds. The number of anilines is 1. The van der Waals surface area contributed by atoms with E-state index in [1.807, 2.05) is 23.1 Å². The van der Waals surface area contributed by atoms with Crippen molar-refractivity contribution in [1.29, 1.82) is 0 Å². The summed E-state index contributed by atoms with van der Waals surface area (Å²) in [5.41, 5.74) is 1.71. The third-order valence-electron chi connectivity index (χ3n) is 5.94. The van der Waals surface area contributed by atoms with E-state index >= 15 is 0 Å². The topological polar surface area (TPSA) is 76.2 Å². The van der Waals surface area contributed by atoms with E-state index < -0.39 is 15.9 Å². The summed E-state index contributed by atoms with van der Waals surface area (Å²) in [7, 11) is -0.0602. The number of amides is 1. The van der Waals surface area contributed by atoms with Gasteiger partial charge in [0.25, 0.3) is 0 Å². The molecule has 2 fully saturated rings. The van der Waals surface area contributed by atoms with Crippen LogP contribution in [0.3, 0.4) is 0 Å². The number of halogens is 1. The maximum absolute atomic E-state index is 13.1. The lowest BCUT2D eigenvalue weighted by atomic mass is 10.0. The van der Waals surface area contributed by atoms with Crippen LogP contribution < -0.4 is 14.4 Å². The van der Waals surface area contributed by atoms with E-state index in [0.29, 0.717) is 35.2 Å². The maximum atomic E-state index is 13.1. The van der Waals surface area contributed by atoms with Crippen molar-refractivity contribution in [3.8, 4) is 11.5 Å². The van der Waals surface area contributed by atoms with Crippen LogP contribution in [0.2, 0.25) is 5.02 Å². The van der Waals surface area contributed by atoms with Crippen LogP contribution in [-0.2, 0) is 21.1 Å². The number of hydrogen-bond donors (Lipinski definition) is 0. The van der Waals surface area contributed by atoms with Crippen LogP contribution in [0.15, 0.2) is 42.5 Å². The third-order valence-corrected chi connectivity index (χ3v) is 7.89. The summed E-state index contributed by atoms with van der Waals surface area (Å²) < 4.78 is 35.6. The van der Waals surface area contributed by atoms with E-state index in [9.17, 15) is 13.2 Å². The van der Waals surface area contributed by atoms with Gasteiger partial charge in [0.05, 0.1) is 38.3 Å². The Balaban J connectivity index is 1.55. The van der Waals surface area contributed by atoms with Crippen molar-refractivity contribution in [3.63, 3.8) is 0 Å². The Morgan fingerprint density at radius 1 is 1.00 bits per heavy atom. The molecule has 0 aliphatic carbocycles. The minimum atomic E-state index is -3.24. The Labute approximate surface area is 187 Å². The molecule has 2 heterocycles. The monoisotopic (exact) mass is 464 g/mol. The summed E-state index contributed by atoms with van der Waals surface area (Å²) in [6, 6.07) is 12.0. The van der Waals surface area contributed by atoms with Crippen molar-refractivity contribution >= 4 is 33.0 Å². The molecule has 0 radical (unpaired) electrons. The molecule has 4 rings (SSSR count). The van der Waals surface area contributed by atoms with Crippen molar-refractivity contribution in [3.05, 3.63) is 53.1 Å². The number of carbonyl (C=O) groups is 1. The molecular formula is C22H25ClN2O5S. The largest absolute Gasteiger partial charge is 0.493 e. The SMILES string of the molecule is COc1ccc(CCN2CC(=O)N(c3ccc(Cl)cc3)C3CS(=O)(=O)CC32)cc1OC. The molecule has 9 heteroatoms. The minimum Gasteiger partial charge on any atom is -0.493 e. The molecule has 0 aromatic heterocycles. The molecule has 2 unspecified atom stereocenters. The van der Waals surface area contributed by atoms with E-state index in [0.717, 1.165) is 5.56 Å². The van der Waals surface area contributed by atoms with Crippen LogP contribution in [0.5, 0.6) is 11.5 Å². The smallest absolute Gasteiger partial charge is 0.241 e. The quantitative estimate of drug-likeness (QED) is 0.653. The summed E-state index contributed by atoms with van der Waals surface area (Å²) in [6.45, 7) is 0.749. The van der Waals surface area contributed by atoms with Gasteiger partial charge in [-0.1, -0.05) is 17.7 Å². The summed E-state index contributed by atoms with van der Waals surface area (Å²) >= 11 is 5.98. The minimum absolute atomic E-state index is 0.0289. The fraction of sp³-hybridized carbons (Fsp3) is 0.409. The number of carbonyl (C=O) groups excluding carboxylic acids is 1. The number of hydrogen-bond acceptors (Lipinski definition) is 6. The van der Waals surface area contributed by atoms with Gasteiger partial charge in [-0.3, -0.25) is 9.69 Å². The average molecular weight is 465 g/mol. The number of methoxy groups -OCH3 is 2. The zero-order chi connectivity index (χ0) is 22.2. The number of piperazine rings is 1. The zero-order valence-corrected chi connectivity index (χ0v) is 19.0. The van der Waals surface area contributed by atoms with Crippen molar-refractivity contribution < 1.29 is 22.7 Å². The molecule has 2 atom stereocenters. The lowest BCUT2D eigenvalue weighted by Gasteiger charge is -2.43. The Morgan fingerprint density at radius 2 is 1.68 bits per heavy atom. The lowest BCUT2D eigenvalue weighted by molar-refractivity contribution is -0.123. The number of benzene rings is 2. The van der Waals surface area contributed by atoms with Gasteiger partial charge in [-0.25, -0.2) is 8.42 Å². The van der Waals surface area contributed by atoms with Crippen LogP contribution in [0.4, 0.5) is 5.69 Å². The number of sulfone groups is 1. The second-order valence-electron chi connectivity index (χ2n) is 7.86. The van der Waals surface area contributed by atoms with Crippen LogP contribution in [0.25, 0.3) is 0 Å². The fourth-order valence-electron chi connectivity index (χ4n) is 4.45. The second-order valence-corrected chi connectivity index (χ2v) is 10.5. The molecule has 0 spiro atoms. The molecule has 7 nitrogen and oxygen atoms in total. The van der Waals surface area contributed by atoms with Crippen molar-refractivity contribution in [1.82, 2.24) is 4.90 Å².